The minimum atomic E-state index is -0.186. The van der Waals surface area contributed by atoms with Crippen LogP contribution in [0, 0.1) is 23.7 Å². The summed E-state index contributed by atoms with van der Waals surface area (Å²) >= 11 is 0. The quantitative estimate of drug-likeness (QED) is 0.135. The van der Waals surface area contributed by atoms with E-state index in [-0.39, 0.29) is 30.6 Å². The summed E-state index contributed by atoms with van der Waals surface area (Å²) < 4.78 is 30.5. The third kappa shape index (κ3) is 9.19. The van der Waals surface area contributed by atoms with Gasteiger partial charge in [0.25, 0.3) is 0 Å². The zero-order chi connectivity index (χ0) is 27.6. The number of carbonyl (C=O) groups is 1. The van der Waals surface area contributed by atoms with Gasteiger partial charge in [0, 0.05) is 18.9 Å². The summed E-state index contributed by atoms with van der Waals surface area (Å²) in [7, 11) is 1.47. The Kier molecular flexibility index (Phi) is 12.0. The highest BCUT2D eigenvalue weighted by Gasteiger charge is 2.49. The van der Waals surface area contributed by atoms with E-state index in [2.05, 4.69) is 39.0 Å². The smallest absolute Gasteiger partial charge is 0.309 e. The van der Waals surface area contributed by atoms with Gasteiger partial charge in [-0.25, -0.2) is 0 Å². The van der Waals surface area contributed by atoms with E-state index in [0.29, 0.717) is 24.2 Å². The molecule has 0 aromatic carbocycles. The van der Waals surface area contributed by atoms with Gasteiger partial charge in [-0.3, -0.25) is 4.79 Å². The first kappa shape index (κ1) is 30.3. The third-order valence-electron chi connectivity index (χ3n) is 8.88. The van der Waals surface area contributed by atoms with E-state index < -0.39 is 0 Å². The van der Waals surface area contributed by atoms with Gasteiger partial charge in [-0.05, 0) is 108 Å². The Morgan fingerprint density at radius 2 is 1.72 bits per heavy atom. The largest absolute Gasteiger partial charge is 0.469 e. The van der Waals surface area contributed by atoms with Crippen LogP contribution in [0.4, 0.5) is 0 Å². The number of hydrogen-bond acceptors (Lipinski definition) is 6. The van der Waals surface area contributed by atoms with Gasteiger partial charge in [0.2, 0.25) is 0 Å². The van der Waals surface area contributed by atoms with Gasteiger partial charge in [-0.2, -0.15) is 0 Å². The third-order valence-corrected chi connectivity index (χ3v) is 8.88. The number of carbonyl (C=O) groups excluding carboxylic acids is 1. The maximum absolute atomic E-state index is 12.0. The van der Waals surface area contributed by atoms with E-state index in [4.69, 9.17) is 23.7 Å². The first-order valence-corrected chi connectivity index (χ1v) is 15.6. The summed E-state index contributed by atoms with van der Waals surface area (Å²) in [5, 5.41) is 0. The zero-order valence-corrected chi connectivity index (χ0v) is 24.8. The Balaban J connectivity index is 1.51. The van der Waals surface area contributed by atoms with Crippen molar-refractivity contribution in [2.75, 3.05) is 20.3 Å². The van der Waals surface area contributed by atoms with Crippen LogP contribution < -0.4 is 0 Å². The van der Waals surface area contributed by atoms with Crippen LogP contribution in [0.25, 0.3) is 0 Å². The number of rotatable bonds is 13. The predicted octanol–water partition coefficient (Wildman–Crippen LogP) is 7.63. The summed E-state index contributed by atoms with van der Waals surface area (Å²) in [5.41, 5.74) is 2.58. The van der Waals surface area contributed by atoms with E-state index in [1.165, 1.54) is 24.7 Å². The molecule has 4 rings (SSSR count). The molecule has 1 saturated carbocycles. The molecule has 2 aliphatic carbocycles. The summed E-state index contributed by atoms with van der Waals surface area (Å²) in [5.74, 6) is 2.42. The minimum absolute atomic E-state index is 0.0453. The Labute approximate surface area is 236 Å². The van der Waals surface area contributed by atoms with Crippen LogP contribution >= 0.6 is 0 Å². The van der Waals surface area contributed by atoms with Crippen molar-refractivity contribution >= 4 is 5.97 Å². The van der Waals surface area contributed by atoms with Crippen LogP contribution in [0.2, 0.25) is 0 Å². The molecule has 2 unspecified atom stereocenters. The monoisotopic (exact) mass is 544 g/mol. The lowest BCUT2D eigenvalue weighted by Gasteiger charge is -2.34. The highest BCUT2D eigenvalue weighted by atomic mass is 16.7. The Morgan fingerprint density at radius 1 is 1.03 bits per heavy atom. The molecule has 6 nitrogen and oxygen atoms in total. The van der Waals surface area contributed by atoms with Crippen LogP contribution in [-0.4, -0.2) is 45.0 Å². The molecule has 7 atom stereocenters. The molecule has 0 spiro atoms. The van der Waals surface area contributed by atoms with Crippen molar-refractivity contribution < 1.29 is 28.5 Å². The molecular weight excluding hydrogens is 492 g/mol. The van der Waals surface area contributed by atoms with Gasteiger partial charge in [0.05, 0.1) is 26.2 Å². The Hall–Kier alpha value is -1.63. The summed E-state index contributed by atoms with van der Waals surface area (Å²) in [6, 6.07) is 0. The van der Waals surface area contributed by atoms with Crippen molar-refractivity contribution in [2.24, 2.45) is 23.7 Å². The summed E-state index contributed by atoms with van der Waals surface area (Å²) in [4.78, 5) is 12.0. The molecule has 0 aromatic rings. The standard InChI is InChI=1S/C33H52O6/c1-23(2)11-9-12-24(3)13-10-14-28(38-31-15-5-7-17-36-31)33-27-20-25(21-30(34)35-4)19-26(27)22-29(33)39-32-16-6-8-18-37-32/h11,14,19,24,26-27,29,31-33H,5-10,12-13,15-18,20-22H2,1-4H3/t24-,26-,27-,29-,31?,32?,33+/m1/s1. The molecule has 0 amide bonds. The fourth-order valence-corrected chi connectivity index (χ4v) is 6.74. The highest BCUT2D eigenvalue weighted by Crippen LogP contribution is 2.52. The van der Waals surface area contributed by atoms with Crippen LogP contribution in [0.15, 0.2) is 35.1 Å². The van der Waals surface area contributed by atoms with Gasteiger partial charge in [-0.1, -0.05) is 30.2 Å². The van der Waals surface area contributed by atoms with Gasteiger partial charge in [-0.15, -0.1) is 0 Å². The second-order valence-corrected chi connectivity index (χ2v) is 12.4. The molecule has 220 valence electrons. The molecule has 4 aliphatic rings. The van der Waals surface area contributed by atoms with Crippen molar-refractivity contribution in [3.8, 4) is 0 Å². The number of esters is 1. The zero-order valence-electron chi connectivity index (χ0n) is 24.8. The molecule has 0 bridgehead atoms. The average Bonchev–Trinajstić information content (AvgIpc) is 3.45. The topological polar surface area (TPSA) is 63.2 Å². The molecule has 2 heterocycles. The molecule has 0 N–H and O–H groups in total. The average molecular weight is 545 g/mol. The molecule has 39 heavy (non-hydrogen) atoms. The van der Waals surface area contributed by atoms with Crippen molar-refractivity contribution in [2.45, 2.75) is 123 Å². The van der Waals surface area contributed by atoms with Crippen molar-refractivity contribution in [3.05, 3.63) is 35.1 Å². The molecule has 0 radical (unpaired) electrons. The molecule has 6 heteroatoms. The number of ether oxygens (including phenoxy) is 5. The van der Waals surface area contributed by atoms with Gasteiger partial charge in [0.15, 0.2) is 12.6 Å². The lowest BCUT2D eigenvalue weighted by atomic mass is 9.87. The Morgan fingerprint density at radius 3 is 2.36 bits per heavy atom. The van der Waals surface area contributed by atoms with Crippen LogP contribution in [0.1, 0.15) is 104 Å². The van der Waals surface area contributed by atoms with Crippen molar-refractivity contribution in [1.82, 2.24) is 0 Å². The second kappa shape index (κ2) is 15.4. The van der Waals surface area contributed by atoms with E-state index in [1.54, 1.807) is 0 Å². The SMILES string of the molecule is COC(=O)CC1=C[C@@H]2C[C@@H](OC3CCCCO3)[C@H](C(=CCC[C@H](C)CCC=C(C)C)OC3CCCCO3)[C@@H]2C1. The molecule has 3 fully saturated rings. The predicted molar refractivity (Wildman–Crippen MR) is 153 cm³/mol. The molecule has 2 aliphatic heterocycles. The fraction of sp³-hybridized carbons (Fsp3) is 0.788. The fourth-order valence-electron chi connectivity index (χ4n) is 6.74. The maximum atomic E-state index is 12.0. The van der Waals surface area contributed by atoms with E-state index in [1.807, 2.05) is 0 Å². The van der Waals surface area contributed by atoms with Gasteiger partial charge >= 0.3 is 5.97 Å². The first-order valence-electron chi connectivity index (χ1n) is 15.6. The number of fused-ring (bicyclic) bond motifs is 1. The molecular formula is C33H52O6. The first-order chi connectivity index (χ1) is 18.9. The van der Waals surface area contributed by atoms with Crippen LogP contribution in [0.3, 0.4) is 0 Å². The summed E-state index contributed by atoms with van der Waals surface area (Å²) in [6.07, 6.45) is 19.8. The van der Waals surface area contributed by atoms with Crippen LogP contribution in [0.5, 0.6) is 0 Å². The van der Waals surface area contributed by atoms with Crippen LogP contribution in [-0.2, 0) is 28.5 Å². The van der Waals surface area contributed by atoms with E-state index in [0.717, 1.165) is 89.6 Å². The second-order valence-electron chi connectivity index (χ2n) is 12.4. The molecule has 2 saturated heterocycles. The number of methoxy groups -OCH3 is 1. The highest BCUT2D eigenvalue weighted by molar-refractivity contribution is 5.72. The van der Waals surface area contributed by atoms with E-state index in [9.17, 15) is 4.79 Å². The molecule has 0 aromatic heterocycles. The maximum Gasteiger partial charge on any atom is 0.309 e. The summed E-state index contributed by atoms with van der Waals surface area (Å²) in [6.45, 7) is 8.24. The van der Waals surface area contributed by atoms with E-state index >= 15 is 0 Å². The van der Waals surface area contributed by atoms with Crippen molar-refractivity contribution in [3.63, 3.8) is 0 Å². The normalized spacial score (nSPS) is 31.8. The number of hydrogen-bond donors (Lipinski definition) is 0. The van der Waals surface area contributed by atoms with Gasteiger partial charge in [0.1, 0.15) is 5.76 Å². The van der Waals surface area contributed by atoms with Crippen molar-refractivity contribution in [1.29, 1.82) is 0 Å². The lowest BCUT2D eigenvalue weighted by molar-refractivity contribution is -0.200. The van der Waals surface area contributed by atoms with Gasteiger partial charge < -0.3 is 23.7 Å². The lowest BCUT2D eigenvalue weighted by Crippen LogP contribution is -2.34. The Bertz CT molecular complexity index is 859. The minimum Gasteiger partial charge on any atom is -0.469 e. The number of allylic oxidation sites excluding steroid dienone is 4.